The molecule has 1 aromatic rings. The van der Waals surface area contributed by atoms with Crippen molar-refractivity contribution >= 4 is 11.6 Å². The SMILES string of the molecule is CCNc1ccc(C(=O)N2CCN(C(C)(C)C)CC2)nc1. The number of pyridine rings is 1. The van der Waals surface area contributed by atoms with Crippen molar-refractivity contribution in [3.8, 4) is 0 Å². The lowest BCUT2D eigenvalue weighted by Crippen LogP contribution is -2.54. The third kappa shape index (κ3) is 3.94. The van der Waals surface area contributed by atoms with Gasteiger partial charge in [-0.15, -0.1) is 0 Å². The second-order valence-corrected chi connectivity index (χ2v) is 6.41. The molecule has 1 amide bonds. The summed E-state index contributed by atoms with van der Waals surface area (Å²) < 4.78 is 0. The molecule has 0 aromatic carbocycles. The molecule has 5 nitrogen and oxygen atoms in total. The summed E-state index contributed by atoms with van der Waals surface area (Å²) in [7, 11) is 0. The molecule has 5 heteroatoms. The Balaban J connectivity index is 1.95. The summed E-state index contributed by atoms with van der Waals surface area (Å²) in [6.45, 7) is 12.9. The van der Waals surface area contributed by atoms with Gasteiger partial charge >= 0.3 is 0 Å². The van der Waals surface area contributed by atoms with Gasteiger partial charge in [0.1, 0.15) is 5.69 Å². The fourth-order valence-electron chi connectivity index (χ4n) is 2.57. The molecule has 1 N–H and O–H groups in total. The van der Waals surface area contributed by atoms with Crippen LogP contribution < -0.4 is 5.32 Å². The van der Waals surface area contributed by atoms with Gasteiger partial charge < -0.3 is 10.2 Å². The highest BCUT2D eigenvalue weighted by atomic mass is 16.2. The van der Waals surface area contributed by atoms with Crippen molar-refractivity contribution in [2.24, 2.45) is 0 Å². The number of piperazine rings is 1. The predicted octanol–water partition coefficient (Wildman–Crippen LogP) is 2.07. The van der Waals surface area contributed by atoms with Gasteiger partial charge in [-0.25, -0.2) is 4.98 Å². The zero-order valence-corrected chi connectivity index (χ0v) is 13.5. The molecule has 1 fully saturated rings. The molecule has 21 heavy (non-hydrogen) atoms. The van der Waals surface area contributed by atoms with Gasteiger partial charge in [-0.3, -0.25) is 9.69 Å². The predicted molar refractivity (Wildman–Crippen MR) is 85.6 cm³/mol. The van der Waals surface area contributed by atoms with Crippen LogP contribution in [0.3, 0.4) is 0 Å². The number of hydrogen-bond acceptors (Lipinski definition) is 4. The van der Waals surface area contributed by atoms with Gasteiger partial charge in [0.05, 0.1) is 11.9 Å². The van der Waals surface area contributed by atoms with Crippen molar-refractivity contribution in [2.75, 3.05) is 38.0 Å². The highest BCUT2D eigenvalue weighted by Gasteiger charge is 2.28. The normalized spacial score (nSPS) is 16.9. The van der Waals surface area contributed by atoms with Crippen molar-refractivity contribution in [3.05, 3.63) is 24.0 Å². The van der Waals surface area contributed by atoms with Gasteiger partial charge in [-0.05, 0) is 39.8 Å². The Morgan fingerprint density at radius 3 is 2.38 bits per heavy atom. The Hall–Kier alpha value is -1.62. The number of amides is 1. The van der Waals surface area contributed by atoms with E-state index in [1.54, 1.807) is 12.3 Å². The minimum absolute atomic E-state index is 0.0339. The van der Waals surface area contributed by atoms with Gasteiger partial charge in [0.15, 0.2) is 0 Å². The van der Waals surface area contributed by atoms with E-state index < -0.39 is 0 Å². The Kier molecular flexibility index (Phi) is 4.83. The van der Waals surface area contributed by atoms with E-state index in [-0.39, 0.29) is 11.4 Å². The van der Waals surface area contributed by atoms with Crippen LogP contribution in [-0.2, 0) is 0 Å². The van der Waals surface area contributed by atoms with E-state index in [0.717, 1.165) is 38.4 Å². The third-order valence-corrected chi connectivity index (χ3v) is 3.88. The molecule has 0 atom stereocenters. The summed E-state index contributed by atoms with van der Waals surface area (Å²) >= 11 is 0. The second-order valence-electron chi connectivity index (χ2n) is 6.41. The maximum atomic E-state index is 12.4. The highest BCUT2D eigenvalue weighted by Crippen LogP contribution is 2.17. The topological polar surface area (TPSA) is 48.5 Å². The number of nitrogens with zero attached hydrogens (tertiary/aromatic N) is 3. The molecule has 1 aliphatic rings. The van der Waals surface area contributed by atoms with Crippen LogP contribution in [0.15, 0.2) is 18.3 Å². The summed E-state index contributed by atoms with van der Waals surface area (Å²) in [5.41, 5.74) is 1.65. The Labute approximate surface area is 127 Å². The number of nitrogens with one attached hydrogen (secondary N) is 1. The number of carbonyl (C=O) groups is 1. The van der Waals surface area contributed by atoms with E-state index in [0.29, 0.717) is 5.69 Å². The van der Waals surface area contributed by atoms with Crippen LogP contribution in [0.4, 0.5) is 5.69 Å². The quantitative estimate of drug-likeness (QED) is 0.926. The summed E-state index contributed by atoms with van der Waals surface area (Å²) in [5, 5.41) is 3.18. The fraction of sp³-hybridized carbons (Fsp3) is 0.625. The zero-order chi connectivity index (χ0) is 15.5. The monoisotopic (exact) mass is 290 g/mol. The first-order valence-electron chi connectivity index (χ1n) is 7.66. The first-order valence-corrected chi connectivity index (χ1v) is 7.66. The lowest BCUT2D eigenvalue weighted by molar-refractivity contribution is 0.0447. The van der Waals surface area contributed by atoms with Crippen LogP contribution in [0.25, 0.3) is 0 Å². The standard InChI is InChI=1S/C16H26N4O/c1-5-17-13-6-7-14(18-12-13)15(21)19-8-10-20(11-9-19)16(2,3)4/h6-7,12,17H,5,8-11H2,1-4H3. The van der Waals surface area contributed by atoms with Crippen LogP contribution in [0.5, 0.6) is 0 Å². The van der Waals surface area contributed by atoms with Gasteiger partial charge in [0.2, 0.25) is 0 Å². The van der Waals surface area contributed by atoms with Crippen LogP contribution in [0, 0.1) is 0 Å². The maximum Gasteiger partial charge on any atom is 0.272 e. The third-order valence-electron chi connectivity index (χ3n) is 3.88. The molecule has 116 valence electrons. The number of rotatable bonds is 3. The van der Waals surface area contributed by atoms with Crippen LogP contribution >= 0.6 is 0 Å². The van der Waals surface area contributed by atoms with E-state index >= 15 is 0 Å². The van der Waals surface area contributed by atoms with Crippen LogP contribution in [0.2, 0.25) is 0 Å². The summed E-state index contributed by atoms with van der Waals surface area (Å²) in [6.07, 6.45) is 1.72. The fourth-order valence-corrected chi connectivity index (χ4v) is 2.57. The second kappa shape index (κ2) is 6.43. The van der Waals surface area contributed by atoms with Crippen molar-refractivity contribution in [3.63, 3.8) is 0 Å². The molecule has 0 unspecified atom stereocenters. The molecular formula is C16H26N4O. The molecule has 0 spiro atoms. The van der Waals surface area contributed by atoms with Gasteiger partial charge in [-0.1, -0.05) is 0 Å². The molecule has 2 rings (SSSR count). The van der Waals surface area contributed by atoms with Crippen molar-refractivity contribution in [1.82, 2.24) is 14.8 Å². The Bertz CT molecular complexity index is 470. The minimum atomic E-state index is 0.0339. The van der Waals surface area contributed by atoms with Crippen molar-refractivity contribution in [2.45, 2.75) is 33.2 Å². The first kappa shape index (κ1) is 15.8. The van der Waals surface area contributed by atoms with E-state index in [1.165, 1.54) is 0 Å². The number of carbonyl (C=O) groups excluding carboxylic acids is 1. The number of hydrogen-bond donors (Lipinski definition) is 1. The Morgan fingerprint density at radius 2 is 1.90 bits per heavy atom. The molecule has 2 heterocycles. The van der Waals surface area contributed by atoms with Crippen molar-refractivity contribution < 1.29 is 4.79 Å². The zero-order valence-electron chi connectivity index (χ0n) is 13.5. The number of aromatic nitrogens is 1. The van der Waals surface area contributed by atoms with Gasteiger partial charge in [0.25, 0.3) is 5.91 Å². The highest BCUT2D eigenvalue weighted by molar-refractivity contribution is 5.92. The summed E-state index contributed by atoms with van der Waals surface area (Å²) in [4.78, 5) is 21.0. The van der Waals surface area contributed by atoms with E-state index in [1.807, 2.05) is 17.9 Å². The molecular weight excluding hydrogens is 264 g/mol. The van der Waals surface area contributed by atoms with Gasteiger partial charge in [0, 0.05) is 38.3 Å². The van der Waals surface area contributed by atoms with Gasteiger partial charge in [-0.2, -0.15) is 0 Å². The van der Waals surface area contributed by atoms with E-state index in [4.69, 9.17) is 0 Å². The number of anilines is 1. The molecule has 1 aliphatic heterocycles. The summed E-state index contributed by atoms with van der Waals surface area (Å²) in [6, 6.07) is 3.71. The minimum Gasteiger partial charge on any atom is -0.384 e. The molecule has 1 saturated heterocycles. The van der Waals surface area contributed by atoms with Crippen LogP contribution in [0.1, 0.15) is 38.2 Å². The molecule has 0 aliphatic carbocycles. The molecule has 0 bridgehead atoms. The first-order chi connectivity index (χ1) is 9.91. The van der Waals surface area contributed by atoms with E-state index in [9.17, 15) is 4.79 Å². The summed E-state index contributed by atoms with van der Waals surface area (Å²) in [5.74, 6) is 0.0339. The maximum absolute atomic E-state index is 12.4. The lowest BCUT2D eigenvalue weighted by Gasteiger charge is -2.42. The lowest BCUT2D eigenvalue weighted by atomic mass is 10.0. The average molecular weight is 290 g/mol. The smallest absolute Gasteiger partial charge is 0.272 e. The molecule has 1 aromatic heterocycles. The van der Waals surface area contributed by atoms with E-state index in [2.05, 4.69) is 36.0 Å². The molecule has 0 saturated carbocycles. The van der Waals surface area contributed by atoms with Crippen LogP contribution in [-0.4, -0.2) is 59.0 Å². The largest absolute Gasteiger partial charge is 0.384 e. The van der Waals surface area contributed by atoms with Crippen molar-refractivity contribution in [1.29, 1.82) is 0 Å². The average Bonchev–Trinajstić information content (AvgIpc) is 2.47. The molecule has 0 radical (unpaired) electrons. The Morgan fingerprint density at radius 1 is 1.24 bits per heavy atom.